The number of methoxy groups -OCH3 is 1. The van der Waals surface area contributed by atoms with Crippen molar-refractivity contribution in [1.29, 1.82) is 0 Å². The Balaban J connectivity index is 2.57. The van der Waals surface area contributed by atoms with E-state index in [1.807, 2.05) is 44.2 Å². The van der Waals surface area contributed by atoms with Crippen LogP contribution in [0, 0.1) is 13.8 Å². The third kappa shape index (κ3) is 2.56. The summed E-state index contributed by atoms with van der Waals surface area (Å²) in [5.74, 6) is 0.619. The van der Waals surface area contributed by atoms with E-state index < -0.39 is 0 Å². The summed E-state index contributed by atoms with van der Waals surface area (Å²) < 4.78 is 6.20. The first kappa shape index (κ1) is 13.8. The number of halogens is 1. The van der Waals surface area contributed by atoms with Gasteiger partial charge in [0.25, 0.3) is 0 Å². The van der Waals surface area contributed by atoms with Crippen LogP contribution in [0.5, 0.6) is 5.75 Å². The summed E-state index contributed by atoms with van der Waals surface area (Å²) in [6.45, 7) is 3.97. The Kier molecular flexibility index (Phi) is 4.05. The summed E-state index contributed by atoms with van der Waals surface area (Å²) >= 11 is 3.41. The molecule has 3 heteroatoms. The third-order valence-electron chi connectivity index (χ3n) is 3.24. The van der Waals surface area contributed by atoms with Gasteiger partial charge in [0.2, 0.25) is 0 Å². The predicted molar refractivity (Wildman–Crippen MR) is 80.0 cm³/mol. The number of carbonyl (C=O) groups is 1. The minimum absolute atomic E-state index is 0.0348. The van der Waals surface area contributed by atoms with Gasteiger partial charge in [0, 0.05) is 10.0 Å². The minimum Gasteiger partial charge on any atom is -0.496 e. The second kappa shape index (κ2) is 5.57. The van der Waals surface area contributed by atoms with Crippen LogP contribution >= 0.6 is 15.9 Å². The average molecular weight is 319 g/mol. The van der Waals surface area contributed by atoms with Gasteiger partial charge in [-0.05, 0) is 43.2 Å². The Labute approximate surface area is 121 Å². The zero-order valence-corrected chi connectivity index (χ0v) is 12.7. The standard InChI is InChI=1S/C16H15BrO2/c1-10-8-9-13(16(19-3)11(10)2)15(18)12-6-4-5-7-14(12)17/h4-9H,1-3H3. The molecule has 0 aromatic heterocycles. The molecule has 0 saturated carbocycles. The van der Waals surface area contributed by atoms with Crippen molar-refractivity contribution in [2.75, 3.05) is 7.11 Å². The molecular formula is C16H15BrO2. The maximum absolute atomic E-state index is 12.6. The fraction of sp³-hybridized carbons (Fsp3) is 0.188. The van der Waals surface area contributed by atoms with Crippen molar-refractivity contribution in [3.63, 3.8) is 0 Å². The molecule has 0 atom stereocenters. The van der Waals surface area contributed by atoms with Gasteiger partial charge in [0.05, 0.1) is 12.7 Å². The quantitative estimate of drug-likeness (QED) is 0.788. The highest BCUT2D eigenvalue weighted by Crippen LogP contribution is 2.29. The summed E-state index contributed by atoms with van der Waals surface area (Å²) in [5.41, 5.74) is 3.35. The third-order valence-corrected chi connectivity index (χ3v) is 3.94. The summed E-state index contributed by atoms with van der Waals surface area (Å²) in [5, 5.41) is 0. The van der Waals surface area contributed by atoms with Crippen molar-refractivity contribution in [1.82, 2.24) is 0 Å². The van der Waals surface area contributed by atoms with Crippen LogP contribution in [0.3, 0.4) is 0 Å². The second-order valence-corrected chi connectivity index (χ2v) is 5.25. The van der Waals surface area contributed by atoms with E-state index in [1.165, 1.54) is 0 Å². The van der Waals surface area contributed by atoms with E-state index in [4.69, 9.17) is 4.74 Å². The van der Waals surface area contributed by atoms with Crippen molar-refractivity contribution < 1.29 is 9.53 Å². The molecule has 0 N–H and O–H groups in total. The fourth-order valence-electron chi connectivity index (χ4n) is 2.02. The number of ketones is 1. The molecule has 0 spiro atoms. The van der Waals surface area contributed by atoms with Crippen molar-refractivity contribution in [3.8, 4) is 5.75 Å². The van der Waals surface area contributed by atoms with Crippen LogP contribution < -0.4 is 4.74 Å². The molecule has 0 radical (unpaired) electrons. The predicted octanol–water partition coefficient (Wildman–Crippen LogP) is 4.31. The number of aryl methyl sites for hydroxylation is 1. The summed E-state index contributed by atoms with van der Waals surface area (Å²) in [7, 11) is 1.60. The van der Waals surface area contributed by atoms with Crippen LogP contribution in [0.25, 0.3) is 0 Å². The lowest BCUT2D eigenvalue weighted by Gasteiger charge is -2.13. The Morgan fingerprint density at radius 1 is 1.05 bits per heavy atom. The van der Waals surface area contributed by atoms with Crippen LogP contribution in [0.2, 0.25) is 0 Å². The van der Waals surface area contributed by atoms with E-state index in [9.17, 15) is 4.79 Å². The van der Waals surface area contributed by atoms with Crippen LogP contribution in [0.15, 0.2) is 40.9 Å². The molecule has 0 aliphatic heterocycles. The van der Waals surface area contributed by atoms with E-state index in [0.29, 0.717) is 16.9 Å². The van der Waals surface area contributed by atoms with Gasteiger partial charge in [-0.1, -0.05) is 34.1 Å². The molecule has 0 bridgehead atoms. The van der Waals surface area contributed by atoms with Crippen LogP contribution in [0.1, 0.15) is 27.0 Å². The summed E-state index contributed by atoms with van der Waals surface area (Å²) in [6.07, 6.45) is 0. The Hall–Kier alpha value is -1.61. The largest absolute Gasteiger partial charge is 0.496 e. The summed E-state index contributed by atoms with van der Waals surface area (Å²) in [6, 6.07) is 11.2. The van der Waals surface area contributed by atoms with E-state index in [-0.39, 0.29) is 5.78 Å². The maximum Gasteiger partial charge on any atom is 0.197 e. The van der Waals surface area contributed by atoms with Gasteiger partial charge in [0.1, 0.15) is 5.75 Å². The molecule has 2 nitrogen and oxygen atoms in total. The SMILES string of the molecule is COc1c(C(=O)c2ccccc2Br)ccc(C)c1C. The topological polar surface area (TPSA) is 26.3 Å². The van der Waals surface area contributed by atoms with Crippen molar-refractivity contribution in [2.24, 2.45) is 0 Å². The number of benzene rings is 2. The van der Waals surface area contributed by atoms with Crippen molar-refractivity contribution in [2.45, 2.75) is 13.8 Å². The molecular weight excluding hydrogens is 304 g/mol. The first-order valence-corrected chi connectivity index (χ1v) is 6.79. The smallest absolute Gasteiger partial charge is 0.197 e. The first-order chi connectivity index (χ1) is 9.06. The van der Waals surface area contributed by atoms with Crippen LogP contribution in [0.4, 0.5) is 0 Å². The molecule has 0 amide bonds. The van der Waals surface area contributed by atoms with Gasteiger partial charge < -0.3 is 4.74 Å². The lowest BCUT2D eigenvalue weighted by molar-refractivity contribution is 0.103. The molecule has 2 rings (SSSR count). The Bertz CT molecular complexity index is 633. The molecule has 0 unspecified atom stereocenters. The minimum atomic E-state index is -0.0348. The lowest BCUT2D eigenvalue weighted by Crippen LogP contribution is -2.06. The number of ether oxygens (including phenoxy) is 1. The van der Waals surface area contributed by atoms with Gasteiger partial charge in [-0.2, -0.15) is 0 Å². The molecule has 0 fully saturated rings. The van der Waals surface area contributed by atoms with E-state index in [2.05, 4.69) is 15.9 Å². The molecule has 2 aromatic rings. The van der Waals surface area contributed by atoms with Gasteiger partial charge in [-0.3, -0.25) is 4.79 Å². The average Bonchev–Trinajstić information content (AvgIpc) is 2.41. The normalized spacial score (nSPS) is 10.3. The molecule has 0 saturated heterocycles. The Morgan fingerprint density at radius 2 is 1.74 bits per heavy atom. The molecule has 98 valence electrons. The lowest BCUT2D eigenvalue weighted by atomic mass is 9.98. The highest BCUT2D eigenvalue weighted by Gasteiger charge is 2.18. The van der Waals surface area contributed by atoms with Crippen LogP contribution in [-0.4, -0.2) is 12.9 Å². The van der Waals surface area contributed by atoms with Crippen LogP contribution in [-0.2, 0) is 0 Å². The fourth-order valence-corrected chi connectivity index (χ4v) is 2.49. The Morgan fingerprint density at radius 3 is 2.37 bits per heavy atom. The zero-order valence-electron chi connectivity index (χ0n) is 11.2. The molecule has 0 aliphatic rings. The van der Waals surface area contributed by atoms with Gasteiger partial charge in [0.15, 0.2) is 5.78 Å². The van der Waals surface area contributed by atoms with E-state index in [0.717, 1.165) is 15.6 Å². The number of hydrogen-bond acceptors (Lipinski definition) is 2. The first-order valence-electron chi connectivity index (χ1n) is 5.99. The summed E-state index contributed by atoms with van der Waals surface area (Å²) in [4.78, 5) is 12.6. The zero-order chi connectivity index (χ0) is 14.0. The van der Waals surface area contributed by atoms with E-state index in [1.54, 1.807) is 13.2 Å². The van der Waals surface area contributed by atoms with Crippen molar-refractivity contribution >= 4 is 21.7 Å². The number of carbonyl (C=O) groups excluding carboxylic acids is 1. The second-order valence-electron chi connectivity index (χ2n) is 4.40. The molecule has 19 heavy (non-hydrogen) atoms. The van der Waals surface area contributed by atoms with Crippen molar-refractivity contribution in [3.05, 3.63) is 63.1 Å². The monoisotopic (exact) mass is 318 g/mol. The maximum atomic E-state index is 12.6. The molecule has 0 aliphatic carbocycles. The molecule has 0 heterocycles. The van der Waals surface area contributed by atoms with E-state index >= 15 is 0 Å². The van der Waals surface area contributed by atoms with Gasteiger partial charge >= 0.3 is 0 Å². The highest BCUT2D eigenvalue weighted by atomic mass is 79.9. The van der Waals surface area contributed by atoms with Gasteiger partial charge in [-0.15, -0.1) is 0 Å². The van der Waals surface area contributed by atoms with Gasteiger partial charge in [-0.25, -0.2) is 0 Å². The highest BCUT2D eigenvalue weighted by molar-refractivity contribution is 9.10. The molecule has 2 aromatic carbocycles. The number of hydrogen-bond donors (Lipinski definition) is 0. The number of rotatable bonds is 3.